The van der Waals surface area contributed by atoms with E-state index in [1.165, 1.54) is 0 Å². The van der Waals surface area contributed by atoms with Gasteiger partial charge in [0.05, 0.1) is 13.3 Å². The molecule has 0 amide bonds. The number of methoxy groups -OCH3 is 1. The van der Waals surface area contributed by atoms with E-state index in [0.717, 1.165) is 34.1 Å². The summed E-state index contributed by atoms with van der Waals surface area (Å²) in [6, 6.07) is 15.0. The number of nitrogens with zero attached hydrogens (tertiary/aromatic N) is 1. The zero-order valence-electron chi connectivity index (χ0n) is 17.1. The standard InChI is InChI=1S/C24H23NO5/c1-16-12-19(6-11-23(26)27)13-17(2)24(16)30-22-10-9-21(14-25-22)29-15-18-4-7-20(28-3)8-5-18/h4-14H,15H2,1-3H3,(H,26,27). The predicted molar refractivity (Wildman–Crippen MR) is 114 cm³/mol. The summed E-state index contributed by atoms with van der Waals surface area (Å²) in [5.74, 6) is 1.61. The molecule has 1 heterocycles. The van der Waals surface area contributed by atoms with Crippen molar-refractivity contribution in [1.82, 2.24) is 4.98 Å². The summed E-state index contributed by atoms with van der Waals surface area (Å²) in [5.41, 5.74) is 3.61. The zero-order chi connectivity index (χ0) is 21.5. The summed E-state index contributed by atoms with van der Waals surface area (Å²) in [5, 5.41) is 8.77. The first-order valence-corrected chi connectivity index (χ1v) is 9.36. The highest BCUT2D eigenvalue weighted by Gasteiger charge is 2.08. The number of carbonyl (C=O) groups is 1. The van der Waals surface area contributed by atoms with E-state index in [2.05, 4.69) is 4.98 Å². The number of aliphatic carboxylic acids is 1. The monoisotopic (exact) mass is 405 g/mol. The molecule has 6 heteroatoms. The van der Waals surface area contributed by atoms with Crippen LogP contribution in [0.25, 0.3) is 6.08 Å². The van der Waals surface area contributed by atoms with Crippen LogP contribution in [0.3, 0.4) is 0 Å². The molecule has 1 N–H and O–H groups in total. The summed E-state index contributed by atoms with van der Waals surface area (Å²) in [6.45, 7) is 4.25. The van der Waals surface area contributed by atoms with Gasteiger partial charge < -0.3 is 19.3 Å². The molecule has 0 spiro atoms. The third kappa shape index (κ3) is 5.61. The summed E-state index contributed by atoms with van der Waals surface area (Å²) in [6.07, 6.45) is 4.29. The van der Waals surface area contributed by atoms with Crippen molar-refractivity contribution in [1.29, 1.82) is 0 Å². The van der Waals surface area contributed by atoms with Gasteiger partial charge in [-0.15, -0.1) is 0 Å². The lowest BCUT2D eigenvalue weighted by molar-refractivity contribution is -0.131. The summed E-state index contributed by atoms with van der Waals surface area (Å²) >= 11 is 0. The highest BCUT2D eigenvalue weighted by Crippen LogP contribution is 2.30. The quantitative estimate of drug-likeness (QED) is 0.521. The first kappa shape index (κ1) is 20.9. The van der Waals surface area contributed by atoms with Crippen molar-refractivity contribution in [2.75, 3.05) is 7.11 Å². The van der Waals surface area contributed by atoms with Gasteiger partial charge >= 0.3 is 5.97 Å². The Morgan fingerprint density at radius 2 is 1.70 bits per heavy atom. The highest BCUT2D eigenvalue weighted by atomic mass is 16.5. The Bertz CT molecular complexity index is 1020. The Labute approximate surface area is 175 Å². The second-order valence-corrected chi connectivity index (χ2v) is 6.73. The van der Waals surface area contributed by atoms with Gasteiger partial charge in [-0.1, -0.05) is 12.1 Å². The lowest BCUT2D eigenvalue weighted by atomic mass is 10.1. The fraction of sp³-hybridized carbons (Fsp3) is 0.167. The molecule has 0 aliphatic carbocycles. The molecule has 0 saturated heterocycles. The lowest BCUT2D eigenvalue weighted by Crippen LogP contribution is -1.97. The SMILES string of the molecule is COc1ccc(COc2ccc(Oc3c(C)cc(C=CC(=O)O)cc3C)nc2)cc1. The first-order valence-electron chi connectivity index (χ1n) is 9.36. The Balaban J connectivity index is 1.64. The minimum absolute atomic E-state index is 0.426. The fourth-order valence-electron chi connectivity index (χ4n) is 2.91. The van der Waals surface area contributed by atoms with Gasteiger partial charge in [-0.05, 0) is 72.5 Å². The molecule has 1 aromatic heterocycles. The van der Waals surface area contributed by atoms with E-state index in [9.17, 15) is 4.79 Å². The molecule has 0 bridgehead atoms. The van der Waals surface area contributed by atoms with Gasteiger partial charge in [0, 0.05) is 12.1 Å². The average molecular weight is 405 g/mol. The van der Waals surface area contributed by atoms with Crippen LogP contribution in [0.4, 0.5) is 0 Å². The van der Waals surface area contributed by atoms with Crippen LogP contribution in [-0.4, -0.2) is 23.2 Å². The first-order chi connectivity index (χ1) is 14.4. The number of carboxylic acid groups (broad SMARTS) is 1. The largest absolute Gasteiger partial charge is 0.497 e. The predicted octanol–water partition coefficient (Wildman–Crippen LogP) is 5.18. The van der Waals surface area contributed by atoms with Gasteiger partial charge in [-0.25, -0.2) is 9.78 Å². The molecule has 6 nitrogen and oxygen atoms in total. The Morgan fingerprint density at radius 3 is 2.27 bits per heavy atom. The van der Waals surface area contributed by atoms with Gasteiger partial charge in [0.1, 0.15) is 23.9 Å². The summed E-state index contributed by atoms with van der Waals surface area (Å²) in [7, 11) is 1.63. The van der Waals surface area contributed by atoms with E-state index in [1.54, 1.807) is 31.5 Å². The van der Waals surface area contributed by atoms with Gasteiger partial charge in [0.2, 0.25) is 5.88 Å². The van der Waals surface area contributed by atoms with Crippen LogP contribution in [-0.2, 0) is 11.4 Å². The topological polar surface area (TPSA) is 77.9 Å². The van der Waals surface area contributed by atoms with Gasteiger partial charge in [-0.2, -0.15) is 0 Å². The molecule has 0 aliphatic rings. The van der Waals surface area contributed by atoms with E-state index in [0.29, 0.717) is 24.0 Å². The zero-order valence-corrected chi connectivity index (χ0v) is 17.1. The maximum Gasteiger partial charge on any atom is 0.328 e. The number of pyridine rings is 1. The van der Waals surface area contributed by atoms with E-state index in [1.807, 2.05) is 50.2 Å². The van der Waals surface area contributed by atoms with Gasteiger partial charge in [-0.3, -0.25) is 0 Å². The van der Waals surface area contributed by atoms with Crippen molar-refractivity contribution in [3.05, 3.63) is 83.1 Å². The van der Waals surface area contributed by atoms with Gasteiger partial charge in [0.25, 0.3) is 0 Å². The molecule has 154 valence electrons. The smallest absolute Gasteiger partial charge is 0.328 e. The van der Waals surface area contributed by atoms with E-state index >= 15 is 0 Å². The maximum atomic E-state index is 10.7. The lowest BCUT2D eigenvalue weighted by Gasteiger charge is -2.13. The van der Waals surface area contributed by atoms with E-state index in [-0.39, 0.29) is 0 Å². The molecule has 30 heavy (non-hydrogen) atoms. The molecule has 2 aromatic carbocycles. The Kier molecular flexibility index (Phi) is 6.70. The normalized spacial score (nSPS) is 10.8. The Hall–Kier alpha value is -3.80. The number of rotatable bonds is 8. The van der Waals surface area contributed by atoms with Crippen LogP contribution in [0.5, 0.6) is 23.1 Å². The molecule has 0 saturated carbocycles. The van der Waals surface area contributed by atoms with Crippen molar-refractivity contribution >= 4 is 12.0 Å². The second kappa shape index (κ2) is 9.60. The molecular weight excluding hydrogens is 382 g/mol. The number of aryl methyl sites for hydroxylation is 2. The summed E-state index contributed by atoms with van der Waals surface area (Å²) in [4.78, 5) is 15.0. The molecule has 0 atom stereocenters. The molecule has 3 rings (SSSR count). The van der Waals surface area contributed by atoms with Crippen LogP contribution >= 0.6 is 0 Å². The van der Waals surface area contributed by atoms with Crippen molar-refractivity contribution < 1.29 is 24.1 Å². The van der Waals surface area contributed by atoms with Crippen LogP contribution in [0.15, 0.2) is 60.8 Å². The van der Waals surface area contributed by atoms with Crippen LogP contribution < -0.4 is 14.2 Å². The minimum Gasteiger partial charge on any atom is -0.497 e. The molecular formula is C24H23NO5. The van der Waals surface area contributed by atoms with Crippen LogP contribution in [0, 0.1) is 13.8 Å². The number of hydrogen-bond acceptors (Lipinski definition) is 5. The number of hydrogen-bond donors (Lipinski definition) is 1. The fourth-order valence-corrected chi connectivity index (χ4v) is 2.91. The van der Waals surface area contributed by atoms with Crippen molar-refractivity contribution in [2.45, 2.75) is 20.5 Å². The Morgan fingerprint density at radius 1 is 1.03 bits per heavy atom. The van der Waals surface area contributed by atoms with E-state index < -0.39 is 5.97 Å². The third-order valence-electron chi connectivity index (χ3n) is 4.38. The van der Waals surface area contributed by atoms with Crippen molar-refractivity contribution in [3.8, 4) is 23.1 Å². The summed E-state index contributed by atoms with van der Waals surface area (Å²) < 4.78 is 16.9. The van der Waals surface area contributed by atoms with Crippen LogP contribution in [0.2, 0.25) is 0 Å². The van der Waals surface area contributed by atoms with Crippen LogP contribution in [0.1, 0.15) is 22.3 Å². The maximum absolute atomic E-state index is 10.7. The third-order valence-corrected chi connectivity index (χ3v) is 4.38. The molecule has 0 fully saturated rings. The highest BCUT2D eigenvalue weighted by molar-refractivity contribution is 5.85. The number of carboxylic acids is 1. The molecule has 0 aliphatic heterocycles. The molecule has 3 aromatic rings. The second-order valence-electron chi connectivity index (χ2n) is 6.73. The van der Waals surface area contributed by atoms with Crippen molar-refractivity contribution in [2.24, 2.45) is 0 Å². The molecule has 0 radical (unpaired) electrons. The number of aromatic nitrogens is 1. The van der Waals surface area contributed by atoms with E-state index in [4.69, 9.17) is 19.3 Å². The number of benzene rings is 2. The molecule has 0 unspecified atom stereocenters. The number of ether oxygens (including phenoxy) is 3. The average Bonchev–Trinajstić information content (AvgIpc) is 2.74. The minimum atomic E-state index is -0.982. The van der Waals surface area contributed by atoms with Gasteiger partial charge in [0.15, 0.2) is 0 Å². The van der Waals surface area contributed by atoms with Crippen molar-refractivity contribution in [3.63, 3.8) is 0 Å².